The first-order valence-corrected chi connectivity index (χ1v) is 8.11. The Balaban J connectivity index is 2.27. The van der Waals surface area contributed by atoms with Crippen molar-refractivity contribution >= 4 is 34.6 Å². The van der Waals surface area contributed by atoms with E-state index in [1.807, 2.05) is 0 Å². The van der Waals surface area contributed by atoms with E-state index < -0.39 is 11.9 Å². The summed E-state index contributed by atoms with van der Waals surface area (Å²) in [5.41, 5.74) is 0. The van der Waals surface area contributed by atoms with Crippen molar-refractivity contribution in [2.75, 3.05) is 11.5 Å². The van der Waals surface area contributed by atoms with Crippen molar-refractivity contribution in [3.05, 3.63) is 0 Å². The van der Waals surface area contributed by atoms with Gasteiger partial charge in [-0.05, 0) is 12.8 Å². The van der Waals surface area contributed by atoms with E-state index >= 15 is 0 Å². The van der Waals surface area contributed by atoms with Gasteiger partial charge in [0.15, 0.2) is 5.12 Å². The molecule has 0 bridgehead atoms. The van der Waals surface area contributed by atoms with E-state index in [-0.39, 0.29) is 5.12 Å². The Labute approximate surface area is 111 Å². The first-order valence-electron chi connectivity index (χ1n) is 6.07. The number of carboxylic acid groups (broad SMARTS) is 1. The molecule has 1 saturated carbocycles. The van der Waals surface area contributed by atoms with Gasteiger partial charge in [-0.15, -0.1) is 0 Å². The van der Waals surface area contributed by atoms with Crippen molar-refractivity contribution < 1.29 is 14.7 Å². The van der Waals surface area contributed by atoms with Crippen LogP contribution in [0.25, 0.3) is 0 Å². The van der Waals surface area contributed by atoms with Gasteiger partial charge in [0.25, 0.3) is 0 Å². The van der Waals surface area contributed by atoms with Crippen LogP contribution in [0.3, 0.4) is 0 Å². The average Bonchev–Trinajstić information content (AvgIpc) is 2.29. The molecule has 17 heavy (non-hydrogen) atoms. The summed E-state index contributed by atoms with van der Waals surface area (Å²) in [4.78, 5) is 21.9. The molecule has 0 aromatic carbocycles. The molecule has 5 heteroatoms. The summed E-state index contributed by atoms with van der Waals surface area (Å²) in [6.07, 6.45) is 6.31. The Bertz CT molecular complexity index is 262. The Kier molecular flexibility index (Phi) is 7.04. The standard InChI is InChI=1S/C12H20O3S2/c1-9(13)16-7-10(12(14)15)8-17-11-5-3-2-4-6-11/h10-11H,2-8H2,1H3,(H,14,15). The van der Waals surface area contributed by atoms with Gasteiger partial charge in [0.05, 0.1) is 5.92 Å². The van der Waals surface area contributed by atoms with Gasteiger partial charge >= 0.3 is 5.97 Å². The van der Waals surface area contributed by atoms with Gasteiger partial charge in [0, 0.05) is 23.7 Å². The zero-order chi connectivity index (χ0) is 12.7. The first kappa shape index (κ1) is 14.9. The largest absolute Gasteiger partial charge is 0.481 e. The van der Waals surface area contributed by atoms with E-state index in [2.05, 4.69) is 0 Å². The maximum atomic E-state index is 11.0. The molecular weight excluding hydrogens is 256 g/mol. The van der Waals surface area contributed by atoms with Crippen LogP contribution in [0, 0.1) is 5.92 Å². The Morgan fingerprint density at radius 3 is 2.41 bits per heavy atom. The molecule has 0 radical (unpaired) electrons. The molecule has 0 aromatic rings. The normalized spacial score (nSPS) is 18.9. The van der Waals surface area contributed by atoms with E-state index in [4.69, 9.17) is 5.11 Å². The number of thioether (sulfide) groups is 2. The van der Waals surface area contributed by atoms with Gasteiger partial charge in [-0.1, -0.05) is 31.0 Å². The number of rotatable bonds is 6. The summed E-state index contributed by atoms with van der Waals surface area (Å²) in [5, 5.41) is 9.71. The minimum atomic E-state index is -0.776. The summed E-state index contributed by atoms with van der Waals surface area (Å²) < 4.78 is 0. The maximum Gasteiger partial charge on any atom is 0.308 e. The minimum absolute atomic E-state index is 0.00100. The molecule has 0 spiro atoms. The smallest absolute Gasteiger partial charge is 0.308 e. The Hall–Kier alpha value is -0.160. The number of carbonyl (C=O) groups is 2. The topological polar surface area (TPSA) is 54.4 Å². The van der Waals surface area contributed by atoms with Crippen LogP contribution in [0.15, 0.2) is 0 Å². The molecule has 3 nitrogen and oxygen atoms in total. The zero-order valence-electron chi connectivity index (χ0n) is 10.2. The maximum absolute atomic E-state index is 11.0. The highest BCUT2D eigenvalue weighted by atomic mass is 32.2. The van der Waals surface area contributed by atoms with Crippen LogP contribution in [-0.2, 0) is 9.59 Å². The van der Waals surface area contributed by atoms with Gasteiger partial charge < -0.3 is 5.11 Å². The first-order chi connectivity index (χ1) is 8.09. The minimum Gasteiger partial charge on any atom is -0.481 e. The lowest BCUT2D eigenvalue weighted by molar-refractivity contribution is -0.140. The van der Waals surface area contributed by atoms with E-state index in [0.717, 1.165) is 11.8 Å². The van der Waals surface area contributed by atoms with Gasteiger partial charge in [-0.25, -0.2) is 0 Å². The number of carbonyl (C=O) groups excluding carboxylic acids is 1. The lowest BCUT2D eigenvalue weighted by Gasteiger charge is -2.22. The summed E-state index contributed by atoms with van der Waals surface area (Å²) in [6, 6.07) is 0. The average molecular weight is 276 g/mol. The zero-order valence-corrected chi connectivity index (χ0v) is 11.8. The second-order valence-electron chi connectivity index (χ2n) is 4.43. The molecule has 1 fully saturated rings. The lowest BCUT2D eigenvalue weighted by Crippen LogP contribution is -2.21. The predicted molar refractivity (Wildman–Crippen MR) is 73.6 cm³/mol. The van der Waals surface area contributed by atoms with Crippen LogP contribution >= 0.6 is 23.5 Å². The van der Waals surface area contributed by atoms with Gasteiger partial charge in [0.1, 0.15) is 0 Å². The quantitative estimate of drug-likeness (QED) is 0.808. The summed E-state index contributed by atoms with van der Waals surface area (Å²) in [5.74, 6) is -0.122. The highest BCUT2D eigenvalue weighted by Crippen LogP contribution is 2.30. The number of carboxylic acids is 1. The molecule has 1 atom stereocenters. The molecule has 1 aliphatic carbocycles. The molecule has 1 aliphatic rings. The van der Waals surface area contributed by atoms with Crippen molar-refractivity contribution in [3.63, 3.8) is 0 Å². The fourth-order valence-corrected chi connectivity index (χ4v) is 4.17. The van der Waals surface area contributed by atoms with Gasteiger partial charge in [0.2, 0.25) is 0 Å². The van der Waals surface area contributed by atoms with E-state index in [0.29, 0.717) is 16.8 Å². The molecule has 1 N–H and O–H groups in total. The number of hydrogen-bond acceptors (Lipinski definition) is 4. The second-order valence-corrected chi connectivity index (χ2v) is 6.96. The summed E-state index contributed by atoms with van der Waals surface area (Å²) in [7, 11) is 0. The van der Waals surface area contributed by atoms with Crippen LogP contribution in [0.4, 0.5) is 0 Å². The third-order valence-corrected chi connectivity index (χ3v) is 5.44. The fraction of sp³-hybridized carbons (Fsp3) is 0.833. The van der Waals surface area contributed by atoms with Gasteiger partial charge in [-0.2, -0.15) is 11.8 Å². The molecule has 0 aromatic heterocycles. The van der Waals surface area contributed by atoms with Crippen molar-refractivity contribution in [1.82, 2.24) is 0 Å². The van der Waals surface area contributed by atoms with Crippen LogP contribution in [0.1, 0.15) is 39.0 Å². The lowest BCUT2D eigenvalue weighted by atomic mass is 10.0. The van der Waals surface area contributed by atoms with E-state index in [9.17, 15) is 9.59 Å². The van der Waals surface area contributed by atoms with E-state index in [1.165, 1.54) is 39.0 Å². The van der Waals surface area contributed by atoms with Crippen LogP contribution in [0.2, 0.25) is 0 Å². The van der Waals surface area contributed by atoms with Crippen LogP contribution in [0.5, 0.6) is 0 Å². The molecular formula is C12H20O3S2. The molecule has 0 amide bonds. The molecule has 0 saturated heterocycles. The summed E-state index contributed by atoms with van der Waals surface area (Å²) >= 11 is 2.90. The van der Waals surface area contributed by atoms with Crippen molar-refractivity contribution in [2.24, 2.45) is 5.92 Å². The van der Waals surface area contributed by atoms with E-state index in [1.54, 1.807) is 11.8 Å². The molecule has 0 heterocycles. The van der Waals surface area contributed by atoms with Crippen LogP contribution < -0.4 is 0 Å². The number of hydrogen-bond donors (Lipinski definition) is 1. The third-order valence-electron chi connectivity index (χ3n) is 2.92. The van der Waals surface area contributed by atoms with Crippen LogP contribution in [-0.4, -0.2) is 32.9 Å². The summed E-state index contributed by atoms with van der Waals surface area (Å²) in [6.45, 7) is 1.48. The Morgan fingerprint density at radius 2 is 1.88 bits per heavy atom. The molecule has 98 valence electrons. The molecule has 1 rings (SSSR count). The van der Waals surface area contributed by atoms with Gasteiger partial charge in [-0.3, -0.25) is 9.59 Å². The monoisotopic (exact) mass is 276 g/mol. The highest BCUT2D eigenvalue weighted by molar-refractivity contribution is 8.13. The van der Waals surface area contributed by atoms with Crippen molar-refractivity contribution in [3.8, 4) is 0 Å². The van der Waals surface area contributed by atoms with Crippen molar-refractivity contribution in [2.45, 2.75) is 44.3 Å². The molecule has 1 unspecified atom stereocenters. The highest BCUT2D eigenvalue weighted by Gasteiger charge is 2.21. The second kappa shape index (κ2) is 8.03. The third kappa shape index (κ3) is 6.36. The SMILES string of the molecule is CC(=O)SCC(CSC1CCCCC1)C(=O)O. The molecule has 0 aliphatic heterocycles. The number of aliphatic carboxylic acids is 1. The predicted octanol–water partition coefficient (Wildman–Crippen LogP) is 3.03. The fourth-order valence-electron chi connectivity index (χ4n) is 1.89. The van der Waals surface area contributed by atoms with Crippen molar-refractivity contribution in [1.29, 1.82) is 0 Å². The Morgan fingerprint density at radius 1 is 1.24 bits per heavy atom.